The Hall–Kier alpha value is -1.36. The first-order valence-corrected chi connectivity index (χ1v) is 5.65. The third-order valence-corrected chi connectivity index (χ3v) is 2.16. The van der Waals surface area contributed by atoms with Gasteiger partial charge in [-0.2, -0.15) is 5.10 Å². The Morgan fingerprint density at radius 2 is 2.31 bits per heavy atom. The zero-order valence-corrected chi connectivity index (χ0v) is 10.2. The van der Waals surface area contributed by atoms with E-state index >= 15 is 0 Å². The number of amides is 1. The molecule has 0 unspecified atom stereocenters. The van der Waals surface area contributed by atoms with Crippen LogP contribution in [0.3, 0.4) is 0 Å². The minimum Gasteiger partial charge on any atom is -0.355 e. The molecular weight excluding hydrogens is 204 g/mol. The summed E-state index contributed by atoms with van der Waals surface area (Å²) >= 11 is 0. The summed E-state index contributed by atoms with van der Waals surface area (Å²) in [5.74, 6) is 0.0193. The lowest BCUT2D eigenvalue weighted by molar-refractivity contribution is -0.120. The second-order valence-corrected chi connectivity index (χ2v) is 3.94. The topological polar surface area (TPSA) is 59.0 Å². The van der Waals surface area contributed by atoms with E-state index in [1.165, 1.54) is 0 Å². The highest BCUT2D eigenvalue weighted by atomic mass is 16.1. The summed E-state index contributed by atoms with van der Waals surface area (Å²) in [4.78, 5) is 11.1. The van der Waals surface area contributed by atoms with Crippen LogP contribution in [-0.2, 0) is 11.3 Å². The zero-order chi connectivity index (χ0) is 12.0. The SMILES string of the molecule is CCNC(=O)CNCc1ccn(C(C)C)n1. The molecule has 90 valence electrons. The number of carbonyl (C=O) groups excluding carboxylic acids is 1. The standard InChI is InChI=1S/C11H20N4O/c1-4-13-11(16)8-12-7-10-5-6-15(14-10)9(2)3/h5-6,9,12H,4,7-8H2,1-3H3,(H,13,16). The lowest BCUT2D eigenvalue weighted by atomic mass is 10.4. The van der Waals surface area contributed by atoms with Gasteiger partial charge in [0.05, 0.1) is 12.2 Å². The lowest BCUT2D eigenvalue weighted by Crippen LogP contribution is -2.33. The predicted octanol–water partition coefficient (Wildman–Crippen LogP) is 0.690. The number of hydrogen-bond donors (Lipinski definition) is 2. The molecular formula is C11H20N4O. The molecule has 0 fully saturated rings. The highest BCUT2D eigenvalue weighted by Gasteiger charge is 2.02. The monoisotopic (exact) mass is 224 g/mol. The Balaban J connectivity index is 2.29. The van der Waals surface area contributed by atoms with Gasteiger partial charge in [0, 0.05) is 25.3 Å². The molecule has 1 aromatic heterocycles. The fourth-order valence-electron chi connectivity index (χ4n) is 1.32. The van der Waals surface area contributed by atoms with Gasteiger partial charge in [-0.05, 0) is 26.8 Å². The molecule has 5 heteroatoms. The maximum absolute atomic E-state index is 11.1. The number of likely N-dealkylation sites (N-methyl/N-ethyl adjacent to an activating group) is 1. The fraction of sp³-hybridized carbons (Fsp3) is 0.636. The van der Waals surface area contributed by atoms with Gasteiger partial charge in [-0.3, -0.25) is 9.48 Å². The molecule has 2 N–H and O–H groups in total. The van der Waals surface area contributed by atoms with E-state index in [0.717, 1.165) is 5.69 Å². The Labute approximate surface area is 96.2 Å². The van der Waals surface area contributed by atoms with E-state index in [-0.39, 0.29) is 5.91 Å². The van der Waals surface area contributed by atoms with E-state index in [2.05, 4.69) is 29.6 Å². The highest BCUT2D eigenvalue weighted by Crippen LogP contribution is 2.03. The summed E-state index contributed by atoms with van der Waals surface area (Å²) in [6.45, 7) is 7.70. The summed E-state index contributed by atoms with van der Waals surface area (Å²) in [6.07, 6.45) is 1.95. The minimum atomic E-state index is 0.0193. The summed E-state index contributed by atoms with van der Waals surface area (Å²) < 4.78 is 1.91. The Bertz CT molecular complexity index is 332. The number of nitrogens with zero attached hydrogens (tertiary/aromatic N) is 2. The molecule has 0 spiro atoms. The van der Waals surface area contributed by atoms with Gasteiger partial charge in [0.15, 0.2) is 0 Å². The first kappa shape index (κ1) is 12.7. The summed E-state index contributed by atoms with van der Waals surface area (Å²) in [7, 11) is 0. The molecule has 0 atom stereocenters. The van der Waals surface area contributed by atoms with E-state index in [0.29, 0.717) is 25.7 Å². The smallest absolute Gasteiger partial charge is 0.233 e. The predicted molar refractivity (Wildman–Crippen MR) is 63.0 cm³/mol. The molecule has 0 saturated carbocycles. The van der Waals surface area contributed by atoms with Crippen molar-refractivity contribution in [1.29, 1.82) is 0 Å². The van der Waals surface area contributed by atoms with E-state index < -0.39 is 0 Å². The van der Waals surface area contributed by atoms with Crippen LogP contribution in [0.25, 0.3) is 0 Å². The van der Waals surface area contributed by atoms with Crippen molar-refractivity contribution in [3.63, 3.8) is 0 Å². The van der Waals surface area contributed by atoms with Crippen LogP contribution >= 0.6 is 0 Å². The number of rotatable bonds is 6. The van der Waals surface area contributed by atoms with Crippen molar-refractivity contribution in [2.24, 2.45) is 0 Å². The Morgan fingerprint density at radius 1 is 1.56 bits per heavy atom. The highest BCUT2D eigenvalue weighted by molar-refractivity contribution is 5.77. The second kappa shape index (κ2) is 6.27. The van der Waals surface area contributed by atoms with Gasteiger partial charge in [-0.15, -0.1) is 0 Å². The molecule has 1 heterocycles. The molecule has 0 aliphatic carbocycles. The van der Waals surface area contributed by atoms with Crippen LogP contribution in [0.5, 0.6) is 0 Å². The third kappa shape index (κ3) is 4.02. The Morgan fingerprint density at radius 3 is 2.88 bits per heavy atom. The number of carbonyl (C=O) groups is 1. The van der Waals surface area contributed by atoms with Crippen molar-refractivity contribution in [3.05, 3.63) is 18.0 Å². The quantitative estimate of drug-likeness (QED) is 0.747. The van der Waals surface area contributed by atoms with Crippen LogP contribution in [0, 0.1) is 0 Å². The minimum absolute atomic E-state index is 0.0193. The van der Waals surface area contributed by atoms with Crippen LogP contribution in [-0.4, -0.2) is 28.8 Å². The summed E-state index contributed by atoms with van der Waals surface area (Å²) in [6, 6.07) is 2.34. The molecule has 0 saturated heterocycles. The Kier molecular flexibility index (Phi) is 4.98. The molecule has 1 rings (SSSR count). The van der Waals surface area contributed by atoms with E-state index in [4.69, 9.17) is 0 Å². The van der Waals surface area contributed by atoms with E-state index in [1.54, 1.807) is 0 Å². The number of nitrogens with one attached hydrogen (secondary N) is 2. The van der Waals surface area contributed by atoms with Gasteiger partial charge in [0.25, 0.3) is 0 Å². The van der Waals surface area contributed by atoms with Gasteiger partial charge >= 0.3 is 0 Å². The van der Waals surface area contributed by atoms with Crippen LogP contribution in [0.2, 0.25) is 0 Å². The molecule has 1 amide bonds. The van der Waals surface area contributed by atoms with Crippen LogP contribution in [0.4, 0.5) is 0 Å². The van der Waals surface area contributed by atoms with Crippen LogP contribution in [0.1, 0.15) is 32.5 Å². The van der Waals surface area contributed by atoms with Crippen molar-refractivity contribution in [1.82, 2.24) is 20.4 Å². The van der Waals surface area contributed by atoms with Crippen molar-refractivity contribution >= 4 is 5.91 Å². The average molecular weight is 224 g/mol. The first-order chi connectivity index (χ1) is 7.63. The van der Waals surface area contributed by atoms with Crippen LogP contribution in [0.15, 0.2) is 12.3 Å². The van der Waals surface area contributed by atoms with E-state index in [9.17, 15) is 4.79 Å². The molecule has 0 radical (unpaired) electrons. The van der Waals surface area contributed by atoms with Crippen molar-refractivity contribution in [2.45, 2.75) is 33.4 Å². The van der Waals surface area contributed by atoms with Crippen molar-refractivity contribution < 1.29 is 4.79 Å². The number of hydrogen-bond acceptors (Lipinski definition) is 3. The lowest BCUT2D eigenvalue weighted by Gasteiger charge is -2.05. The maximum atomic E-state index is 11.1. The van der Waals surface area contributed by atoms with Gasteiger partial charge in [-0.25, -0.2) is 0 Å². The largest absolute Gasteiger partial charge is 0.355 e. The molecule has 0 aliphatic rings. The number of aromatic nitrogens is 2. The molecule has 0 aromatic carbocycles. The van der Waals surface area contributed by atoms with Crippen molar-refractivity contribution in [2.75, 3.05) is 13.1 Å². The normalized spacial score (nSPS) is 10.8. The third-order valence-electron chi connectivity index (χ3n) is 2.16. The van der Waals surface area contributed by atoms with E-state index in [1.807, 2.05) is 23.9 Å². The molecule has 0 bridgehead atoms. The first-order valence-electron chi connectivity index (χ1n) is 5.65. The van der Waals surface area contributed by atoms with Gasteiger partial charge in [0.1, 0.15) is 0 Å². The maximum Gasteiger partial charge on any atom is 0.233 e. The van der Waals surface area contributed by atoms with Gasteiger partial charge < -0.3 is 10.6 Å². The average Bonchev–Trinajstić information content (AvgIpc) is 2.67. The molecule has 0 aliphatic heterocycles. The molecule has 5 nitrogen and oxygen atoms in total. The van der Waals surface area contributed by atoms with Crippen LogP contribution < -0.4 is 10.6 Å². The van der Waals surface area contributed by atoms with Gasteiger partial charge in [-0.1, -0.05) is 0 Å². The summed E-state index contributed by atoms with van der Waals surface area (Å²) in [5, 5.41) is 10.2. The fourth-order valence-corrected chi connectivity index (χ4v) is 1.32. The molecule has 1 aromatic rings. The zero-order valence-electron chi connectivity index (χ0n) is 10.2. The second-order valence-electron chi connectivity index (χ2n) is 3.94. The van der Waals surface area contributed by atoms with Gasteiger partial charge in [0.2, 0.25) is 5.91 Å². The summed E-state index contributed by atoms with van der Waals surface area (Å²) in [5.41, 5.74) is 0.956. The van der Waals surface area contributed by atoms with Crippen molar-refractivity contribution in [3.8, 4) is 0 Å². The molecule has 16 heavy (non-hydrogen) atoms.